The van der Waals surface area contributed by atoms with Crippen LogP contribution in [0.2, 0.25) is 0 Å². The first-order chi connectivity index (χ1) is 6.50. The van der Waals surface area contributed by atoms with E-state index >= 15 is 0 Å². The Labute approximate surface area is 92.3 Å². The molecule has 0 aliphatic rings. The van der Waals surface area contributed by atoms with Crippen LogP contribution >= 0.6 is 0 Å². The third kappa shape index (κ3) is 166. The summed E-state index contributed by atoms with van der Waals surface area (Å²) in [5.41, 5.74) is 0. The monoisotopic (exact) mass is 208 g/mol. The van der Waals surface area contributed by atoms with E-state index in [9.17, 15) is 4.39 Å². The molecule has 0 atom stereocenters. The van der Waals surface area contributed by atoms with E-state index in [1.54, 1.807) is 0 Å². The molecule has 1 heteroatoms. The van der Waals surface area contributed by atoms with Gasteiger partial charge in [0.25, 0.3) is 0 Å². The van der Waals surface area contributed by atoms with Crippen molar-refractivity contribution in [2.24, 2.45) is 5.92 Å². The Hall–Kier alpha value is -0.0700. The fourth-order valence-electron chi connectivity index (χ4n) is 0.577. The minimum Gasteiger partial charge on any atom is -0.248 e. The normalized spacial score (nSPS) is 7.71. The summed E-state index contributed by atoms with van der Waals surface area (Å²) in [5, 5.41) is 0. The zero-order valence-electron chi connectivity index (χ0n) is 11.9. The molecule has 0 saturated heterocycles. The Bertz CT molecular complexity index is 46.4. The number of alkyl halides is 1. The molecule has 0 bridgehead atoms. The van der Waals surface area contributed by atoms with Crippen LogP contribution in [0.1, 0.15) is 75.2 Å². The fraction of sp³-hybridized carbons (Fsp3) is 1.00. The SMILES string of the molecule is CC.CC.CC(C)F.CCCC(C)C. The highest BCUT2D eigenvalue weighted by Crippen LogP contribution is 2.00. The molecule has 0 aromatic carbocycles. The number of hydrogen-bond donors (Lipinski definition) is 0. The van der Waals surface area contributed by atoms with Crippen molar-refractivity contribution < 1.29 is 4.39 Å². The van der Waals surface area contributed by atoms with Gasteiger partial charge in [-0.1, -0.05) is 61.3 Å². The largest absolute Gasteiger partial charge is 0.248 e. The van der Waals surface area contributed by atoms with Gasteiger partial charge in [0.05, 0.1) is 6.17 Å². The molecule has 0 aliphatic heterocycles. The predicted octanol–water partition coefficient (Wildman–Crippen LogP) is 5.86. The van der Waals surface area contributed by atoms with Gasteiger partial charge in [0.1, 0.15) is 0 Å². The average molecular weight is 208 g/mol. The van der Waals surface area contributed by atoms with Gasteiger partial charge >= 0.3 is 0 Å². The highest BCUT2D eigenvalue weighted by molar-refractivity contribution is 4.38. The number of rotatable bonds is 2. The maximum Gasteiger partial charge on any atom is 0.0945 e. The van der Waals surface area contributed by atoms with Crippen LogP contribution in [0.15, 0.2) is 0 Å². The lowest BCUT2D eigenvalue weighted by Crippen LogP contribution is -1.81. The van der Waals surface area contributed by atoms with Crippen molar-refractivity contribution in [1.29, 1.82) is 0 Å². The maximum atomic E-state index is 11.0. The molecule has 14 heavy (non-hydrogen) atoms. The van der Waals surface area contributed by atoms with Crippen molar-refractivity contribution >= 4 is 0 Å². The molecule has 0 amide bonds. The fourth-order valence-corrected chi connectivity index (χ4v) is 0.577. The van der Waals surface area contributed by atoms with E-state index in [-0.39, 0.29) is 0 Å². The van der Waals surface area contributed by atoms with Crippen molar-refractivity contribution in [2.45, 2.75) is 81.3 Å². The topological polar surface area (TPSA) is 0 Å². The van der Waals surface area contributed by atoms with Crippen LogP contribution in [0.4, 0.5) is 4.39 Å². The molecule has 0 saturated carbocycles. The van der Waals surface area contributed by atoms with E-state index in [0.717, 1.165) is 5.92 Å². The molecule has 92 valence electrons. The van der Waals surface area contributed by atoms with Gasteiger partial charge in [-0.15, -0.1) is 0 Å². The molecule has 0 N–H and O–H groups in total. The summed E-state index contributed by atoms with van der Waals surface area (Å²) >= 11 is 0. The van der Waals surface area contributed by atoms with Crippen LogP contribution in [0.5, 0.6) is 0 Å². The lowest BCUT2D eigenvalue weighted by Gasteiger charge is -1.95. The maximum absolute atomic E-state index is 11.0. The van der Waals surface area contributed by atoms with Gasteiger partial charge < -0.3 is 0 Å². The van der Waals surface area contributed by atoms with Crippen LogP contribution in [0.3, 0.4) is 0 Å². The zero-order valence-corrected chi connectivity index (χ0v) is 11.9. The van der Waals surface area contributed by atoms with Gasteiger partial charge in [-0.3, -0.25) is 0 Å². The van der Waals surface area contributed by atoms with Crippen molar-refractivity contribution in [3.8, 4) is 0 Å². The van der Waals surface area contributed by atoms with Crippen molar-refractivity contribution in [2.75, 3.05) is 0 Å². The molecular formula is C13H33F. The first-order valence-corrected chi connectivity index (χ1v) is 6.14. The summed E-state index contributed by atoms with van der Waals surface area (Å²) < 4.78 is 11.0. The van der Waals surface area contributed by atoms with Gasteiger partial charge in [0.2, 0.25) is 0 Å². The van der Waals surface area contributed by atoms with Gasteiger partial charge in [-0.25, -0.2) is 4.39 Å². The Morgan fingerprint density at radius 1 is 0.857 bits per heavy atom. The van der Waals surface area contributed by atoms with E-state index in [4.69, 9.17) is 0 Å². The number of hydrogen-bond acceptors (Lipinski definition) is 0. The second-order valence-corrected chi connectivity index (χ2v) is 3.20. The second-order valence-electron chi connectivity index (χ2n) is 3.20. The Kier molecular flexibility index (Phi) is 49.4. The molecule has 0 spiro atoms. The molecule has 0 aromatic rings. The summed E-state index contributed by atoms with van der Waals surface area (Å²) in [6, 6.07) is 0. The lowest BCUT2D eigenvalue weighted by molar-refractivity contribution is 0.391. The smallest absolute Gasteiger partial charge is 0.0945 e. The summed E-state index contributed by atoms with van der Waals surface area (Å²) in [6.45, 7) is 17.7. The van der Waals surface area contributed by atoms with E-state index in [2.05, 4.69) is 20.8 Å². The molecule has 0 unspecified atom stereocenters. The highest BCUT2D eigenvalue weighted by Gasteiger charge is 1.85. The Morgan fingerprint density at radius 3 is 1.07 bits per heavy atom. The second kappa shape index (κ2) is 29.3. The van der Waals surface area contributed by atoms with Crippen LogP contribution in [0, 0.1) is 5.92 Å². The average Bonchev–Trinajstić information content (AvgIpc) is 2.10. The molecule has 0 radical (unpaired) electrons. The lowest BCUT2D eigenvalue weighted by atomic mass is 10.1. The van der Waals surface area contributed by atoms with Crippen LogP contribution in [0.25, 0.3) is 0 Å². The highest BCUT2D eigenvalue weighted by atomic mass is 19.1. The molecule has 0 nitrogen and oxygen atoms in total. The summed E-state index contributed by atoms with van der Waals surface area (Å²) in [7, 11) is 0. The van der Waals surface area contributed by atoms with E-state index in [1.807, 2.05) is 27.7 Å². The van der Waals surface area contributed by atoms with Crippen molar-refractivity contribution in [1.82, 2.24) is 0 Å². The summed E-state index contributed by atoms with van der Waals surface area (Å²) in [4.78, 5) is 0. The van der Waals surface area contributed by atoms with Crippen molar-refractivity contribution in [3.63, 3.8) is 0 Å². The molecule has 0 fully saturated rings. The van der Waals surface area contributed by atoms with E-state index < -0.39 is 6.17 Å². The van der Waals surface area contributed by atoms with Gasteiger partial charge in [-0.2, -0.15) is 0 Å². The standard InChI is InChI=1S/C6H14.C3H7F.2C2H6/c1-4-5-6(2)3;1-3(2)4;2*1-2/h6H,4-5H2,1-3H3;3H,1-2H3;2*1-2H3. The Balaban J connectivity index is -0.0000000546. The first-order valence-electron chi connectivity index (χ1n) is 6.14. The molecule has 0 aliphatic carbocycles. The Morgan fingerprint density at radius 2 is 1.07 bits per heavy atom. The molecular weight excluding hydrogens is 175 g/mol. The van der Waals surface area contributed by atoms with Crippen LogP contribution in [-0.4, -0.2) is 6.17 Å². The minimum atomic E-state index is -0.667. The summed E-state index contributed by atoms with van der Waals surface area (Å²) in [6.07, 6.45) is 2.04. The molecule has 0 aromatic heterocycles. The summed E-state index contributed by atoms with van der Waals surface area (Å²) in [5.74, 6) is 0.898. The zero-order chi connectivity index (χ0) is 12.6. The third-order valence-corrected chi connectivity index (χ3v) is 0.866. The van der Waals surface area contributed by atoms with E-state index in [1.165, 1.54) is 26.7 Å². The third-order valence-electron chi connectivity index (χ3n) is 0.866. The quantitative estimate of drug-likeness (QED) is 0.533. The van der Waals surface area contributed by atoms with Gasteiger partial charge in [0.15, 0.2) is 0 Å². The first kappa shape index (κ1) is 23.6. The van der Waals surface area contributed by atoms with Crippen LogP contribution < -0.4 is 0 Å². The van der Waals surface area contributed by atoms with Gasteiger partial charge in [0, 0.05) is 0 Å². The van der Waals surface area contributed by atoms with Crippen molar-refractivity contribution in [3.05, 3.63) is 0 Å². The number of halogens is 1. The van der Waals surface area contributed by atoms with Crippen LogP contribution in [-0.2, 0) is 0 Å². The molecule has 0 heterocycles. The minimum absolute atomic E-state index is 0.667. The predicted molar refractivity (Wildman–Crippen MR) is 68.7 cm³/mol. The van der Waals surface area contributed by atoms with E-state index in [0.29, 0.717) is 0 Å². The van der Waals surface area contributed by atoms with Gasteiger partial charge in [-0.05, 0) is 19.8 Å². The molecule has 0 rings (SSSR count).